The maximum absolute atomic E-state index is 6.02. The van der Waals surface area contributed by atoms with Crippen LogP contribution in [-0.4, -0.2) is 68.8 Å². The normalized spacial score (nSPS) is 18.8. The standard InChI is InChI=1S/C16H28BN3O4/c1-15(2)16(3,4)24-17(23-15)13-11-18-14(19-12-13)20(7-9-21-5)8-10-22-6/h11-12H,7-10H2,1-6H3. The maximum atomic E-state index is 6.02. The van der Waals surface area contributed by atoms with Crippen molar-refractivity contribution in [2.45, 2.75) is 38.9 Å². The van der Waals surface area contributed by atoms with Crippen LogP contribution >= 0.6 is 0 Å². The number of nitrogens with zero attached hydrogens (tertiary/aromatic N) is 3. The van der Waals surface area contributed by atoms with Gasteiger partial charge in [-0.25, -0.2) is 9.97 Å². The maximum Gasteiger partial charge on any atom is 0.498 e. The van der Waals surface area contributed by atoms with Crippen molar-refractivity contribution in [3.8, 4) is 0 Å². The summed E-state index contributed by atoms with van der Waals surface area (Å²) in [4.78, 5) is 11.0. The molecule has 0 atom stereocenters. The van der Waals surface area contributed by atoms with Crippen molar-refractivity contribution in [3.63, 3.8) is 0 Å². The Morgan fingerprint density at radius 1 is 0.958 bits per heavy atom. The molecule has 0 amide bonds. The Labute approximate surface area is 144 Å². The van der Waals surface area contributed by atoms with Gasteiger partial charge in [0.15, 0.2) is 0 Å². The molecule has 24 heavy (non-hydrogen) atoms. The molecule has 2 rings (SSSR count). The Bertz CT molecular complexity index is 501. The summed E-state index contributed by atoms with van der Waals surface area (Å²) in [7, 11) is 2.91. The van der Waals surface area contributed by atoms with Gasteiger partial charge in [0.05, 0.1) is 24.4 Å². The van der Waals surface area contributed by atoms with E-state index in [1.54, 1.807) is 26.6 Å². The van der Waals surface area contributed by atoms with Crippen LogP contribution < -0.4 is 10.4 Å². The molecule has 134 valence electrons. The van der Waals surface area contributed by atoms with Gasteiger partial charge in [-0.1, -0.05) is 0 Å². The zero-order chi connectivity index (χ0) is 17.8. The fourth-order valence-corrected chi connectivity index (χ4v) is 2.31. The number of hydrogen-bond donors (Lipinski definition) is 0. The molecule has 0 N–H and O–H groups in total. The predicted molar refractivity (Wildman–Crippen MR) is 93.7 cm³/mol. The Kier molecular flexibility index (Phi) is 6.19. The van der Waals surface area contributed by atoms with Gasteiger partial charge in [0.2, 0.25) is 5.95 Å². The molecule has 0 aromatic carbocycles. The number of hydrogen-bond acceptors (Lipinski definition) is 7. The second kappa shape index (κ2) is 7.78. The third kappa shape index (κ3) is 4.24. The molecule has 0 unspecified atom stereocenters. The van der Waals surface area contributed by atoms with Gasteiger partial charge in [-0.05, 0) is 27.7 Å². The SMILES string of the molecule is COCCN(CCOC)c1ncc(B2OC(C)(C)C(C)(C)O2)cn1. The highest BCUT2D eigenvalue weighted by Gasteiger charge is 2.51. The number of methoxy groups -OCH3 is 2. The number of aromatic nitrogens is 2. The summed E-state index contributed by atoms with van der Waals surface area (Å²) < 4.78 is 22.3. The smallest absolute Gasteiger partial charge is 0.399 e. The summed E-state index contributed by atoms with van der Waals surface area (Å²) in [6.45, 7) is 10.7. The van der Waals surface area contributed by atoms with Crippen molar-refractivity contribution in [2.75, 3.05) is 45.4 Å². The Balaban J connectivity index is 2.09. The number of rotatable bonds is 8. The van der Waals surface area contributed by atoms with E-state index >= 15 is 0 Å². The summed E-state index contributed by atoms with van der Waals surface area (Å²) in [5, 5.41) is 0. The van der Waals surface area contributed by atoms with Gasteiger partial charge in [0, 0.05) is 45.2 Å². The Morgan fingerprint density at radius 2 is 1.42 bits per heavy atom. The van der Waals surface area contributed by atoms with Crippen LogP contribution in [0.25, 0.3) is 0 Å². The highest BCUT2D eigenvalue weighted by Crippen LogP contribution is 2.36. The lowest BCUT2D eigenvalue weighted by Gasteiger charge is -2.32. The topological polar surface area (TPSA) is 65.9 Å². The van der Waals surface area contributed by atoms with Crippen LogP contribution in [0.3, 0.4) is 0 Å². The van der Waals surface area contributed by atoms with Crippen LogP contribution in [0.5, 0.6) is 0 Å². The van der Waals surface area contributed by atoms with E-state index in [2.05, 4.69) is 9.97 Å². The summed E-state index contributed by atoms with van der Waals surface area (Å²) >= 11 is 0. The Morgan fingerprint density at radius 3 is 1.83 bits per heavy atom. The van der Waals surface area contributed by atoms with Crippen LogP contribution in [-0.2, 0) is 18.8 Å². The molecule has 1 aliphatic heterocycles. The molecular formula is C16H28BN3O4. The molecule has 0 radical (unpaired) electrons. The summed E-state index contributed by atoms with van der Waals surface area (Å²) in [6, 6.07) is 0. The van der Waals surface area contributed by atoms with Crippen molar-refractivity contribution < 1.29 is 18.8 Å². The van der Waals surface area contributed by atoms with Gasteiger partial charge in [0.1, 0.15) is 0 Å². The van der Waals surface area contributed by atoms with Crippen LogP contribution in [0.1, 0.15) is 27.7 Å². The summed E-state index contributed by atoms with van der Waals surface area (Å²) in [6.07, 6.45) is 3.52. The fraction of sp³-hybridized carbons (Fsp3) is 0.750. The van der Waals surface area contributed by atoms with E-state index < -0.39 is 7.12 Å². The predicted octanol–water partition coefficient (Wildman–Crippen LogP) is 0.875. The third-order valence-corrected chi connectivity index (χ3v) is 4.60. The molecule has 7 nitrogen and oxygen atoms in total. The van der Waals surface area contributed by atoms with Gasteiger partial charge >= 0.3 is 7.12 Å². The van der Waals surface area contributed by atoms with Crippen LogP contribution in [0.2, 0.25) is 0 Å². The average Bonchev–Trinajstić information content (AvgIpc) is 2.76. The van der Waals surface area contributed by atoms with E-state index in [9.17, 15) is 0 Å². The summed E-state index contributed by atoms with van der Waals surface area (Å²) in [5.41, 5.74) is 0.0642. The zero-order valence-corrected chi connectivity index (χ0v) is 15.5. The second-order valence-electron chi connectivity index (χ2n) is 6.88. The van der Waals surface area contributed by atoms with Crippen LogP contribution in [0.15, 0.2) is 12.4 Å². The molecule has 1 aromatic rings. The van der Waals surface area contributed by atoms with Crippen molar-refractivity contribution in [1.82, 2.24) is 9.97 Å². The number of ether oxygens (including phenoxy) is 2. The van der Waals surface area contributed by atoms with Gasteiger partial charge in [-0.15, -0.1) is 0 Å². The first kappa shape index (κ1) is 19.1. The van der Waals surface area contributed by atoms with Crippen molar-refractivity contribution in [3.05, 3.63) is 12.4 Å². The van der Waals surface area contributed by atoms with E-state index in [0.717, 1.165) is 5.46 Å². The van der Waals surface area contributed by atoms with E-state index in [0.29, 0.717) is 32.3 Å². The average molecular weight is 337 g/mol. The molecule has 1 aliphatic rings. The molecule has 0 spiro atoms. The lowest BCUT2D eigenvalue weighted by molar-refractivity contribution is 0.00578. The zero-order valence-electron chi connectivity index (χ0n) is 15.5. The summed E-state index contributed by atoms with van der Waals surface area (Å²) in [5.74, 6) is 0.643. The second-order valence-corrected chi connectivity index (χ2v) is 6.88. The number of anilines is 1. The highest BCUT2D eigenvalue weighted by molar-refractivity contribution is 6.61. The van der Waals surface area contributed by atoms with Crippen LogP contribution in [0, 0.1) is 0 Å². The fourth-order valence-electron chi connectivity index (χ4n) is 2.31. The van der Waals surface area contributed by atoms with Gasteiger partial charge in [0.25, 0.3) is 0 Å². The lowest BCUT2D eigenvalue weighted by Crippen LogP contribution is -2.41. The van der Waals surface area contributed by atoms with E-state index in [-0.39, 0.29) is 11.2 Å². The molecule has 2 heterocycles. The van der Waals surface area contributed by atoms with Gasteiger partial charge < -0.3 is 23.7 Å². The highest BCUT2D eigenvalue weighted by atomic mass is 16.7. The molecule has 1 saturated heterocycles. The molecule has 0 bridgehead atoms. The molecule has 8 heteroatoms. The first-order valence-corrected chi connectivity index (χ1v) is 8.21. The lowest BCUT2D eigenvalue weighted by atomic mass is 9.81. The third-order valence-electron chi connectivity index (χ3n) is 4.60. The van der Waals surface area contributed by atoms with E-state index in [1.165, 1.54) is 0 Å². The minimum Gasteiger partial charge on any atom is -0.399 e. The van der Waals surface area contributed by atoms with E-state index in [4.69, 9.17) is 18.8 Å². The largest absolute Gasteiger partial charge is 0.498 e. The minimum atomic E-state index is -0.449. The molecule has 1 aromatic heterocycles. The first-order chi connectivity index (χ1) is 11.3. The molecule has 0 aliphatic carbocycles. The molecule has 1 fully saturated rings. The van der Waals surface area contributed by atoms with Crippen molar-refractivity contribution >= 4 is 18.5 Å². The van der Waals surface area contributed by atoms with Crippen molar-refractivity contribution in [2.24, 2.45) is 0 Å². The quantitative estimate of drug-likeness (QED) is 0.652. The Hall–Kier alpha value is -1.22. The van der Waals surface area contributed by atoms with Gasteiger partial charge in [-0.3, -0.25) is 0 Å². The van der Waals surface area contributed by atoms with Crippen molar-refractivity contribution in [1.29, 1.82) is 0 Å². The van der Waals surface area contributed by atoms with Gasteiger partial charge in [-0.2, -0.15) is 0 Å². The monoisotopic (exact) mass is 337 g/mol. The molecular weight excluding hydrogens is 309 g/mol. The molecule has 0 saturated carbocycles. The minimum absolute atomic E-state index is 0.376. The first-order valence-electron chi connectivity index (χ1n) is 8.21. The van der Waals surface area contributed by atoms with Crippen LogP contribution in [0.4, 0.5) is 5.95 Å². The van der Waals surface area contributed by atoms with E-state index in [1.807, 2.05) is 32.6 Å².